The molecule has 10 heteroatoms. The third kappa shape index (κ3) is 6.52. The van der Waals surface area contributed by atoms with Crippen LogP contribution in [0.1, 0.15) is 94.9 Å². The van der Waals surface area contributed by atoms with Gasteiger partial charge in [0.15, 0.2) is 5.82 Å². The molecule has 0 saturated carbocycles. The van der Waals surface area contributed by atoms with Crippen molar-refractivity contribution >= 4 is 0 Å². The van der Waals surface area contributed by atoms with Crippen molar-refractivity contribution in [3.05, 3.63) is 59.3 Å². The van der Waals surface area contributed by atoms with Crippen LogP contribution in [0.5, 0.6) is 0 Å². The van der Waals surface area contributed by atoms with Gasteiger partial charge in [-0.15, -0.1) is 10.2 Å². The number of alkyl halides is 2. The molecule has 3 aromatic heterocycles. The molecule has 0 saturated heterocycles. The van der Waals surface area contributed by atoms with E-state index in [1.807, 2.05) is 37.4 Å². The molecule has 0 atom stereocenters. The van der Waals surface area contributed by atoms with E-state index in [4.69, 9.17) is 0 Å². The first-order valence-corrected chi connectivity index (χ1v) is 13.8. The van der Waals surface area contributed by atoms with Crippen LogP contribution in [0.15, 0.2) is 36.5 Å². The maximum absolute atomic E-state index is 14.7. The van der Waals surface area contributed by atoms with Crippen LogP contribution < -0.4 is 0 Å². The summed E-state index contributed by atoms with van der Waals surface area (Å²) in [5.41, 5.74) is 4.09. The molecule has 0 unspecified atom stereocenters. The van der Waals surface area contributed by atoms with E-state index in [-0.39, 0.29) is 12.2 Å². The number of hydrogen-bond donors (Lipinski definition) is 1. The Morgan fingerprint density at radius 1 is 0.895 bits per heavy atom. The Morgan fingerprint density at radius 2 is 1.66 bits per heavy atom. The number of benzene rings is 1. The summed E-state index contributed by atoms with van der Waals surface area (Å²) >= 11 is 0. The molecule has 3 heterocycles. The van der Waals surface area contributed by atoms with Gasteiger partial charge >= 0.3 is 5.92 Å². The minimum atomic E-state index is -3.01. The van der Waals surface area contributed by atoms with Gasteiger partial charge in [-0.05, 0) is 65.4 Å². The maximum Gasteiger partial charge on any atom is 0.308 e. The Labute approximate surface area is 222 Å². The molecule has 0 radical (unpaired) electrons. The molecule has 0 spiro atoms. The number of aromatic amines is 1. The summed E-state index contributed by atoms with van der Waals surface area (Å²) in [7, 11) is 0. The molecule has 4 aromatic rings. The number of rotatable bonds is 15. The first-order chi connectivity index (χ1) is 18.5. The molecule has 0 aliphatic rings. The summed E-state index contributed by atoms with van der Waals surface area (Å²) in [6.45, 7) is 6.57. The Kier molecular flexibility index (Phi) is 9.36. The molecule has 0 aliphatic carbocycles. The fourth-order valence-corrected chi connectivity index (χ4v) is 4.60. The van der Waals surface area contributed by atoms with Crippen LogP contribution in [0, 0.1) is 0 Å². The minimum Gasteiger partial charge on any atom is -0.314 e. The van der Waals surface area contributed by atoms with Crippen molar-refractivity contribution in [2.24, 2.45) is 0 Å². The summed E-state index contributed by atoms with van der Waals surface area (Å²) in [5, 5.41) is 18.9. The molecule has 1 N–H and O–H groups in total. The van der Waals surface area contributed by atoms with Crippen molar-refractivity contribution in [3.63, 3.8) is 0 Å². The predicted molar refractivity (Wildman–Crippen MR) is 143 cm³/mol. The molecule has 0 fully saturated rings. The highest BCUT2D eigenvalue weighted by Crippen LogP contribution is 2.32. The Bertz CT molecular complexity index is 1260. The van der Waals surface area contributed by atoms with Crippen LogP contribution in [0.25, 0.3) is 17.2 Å². The van der Waals surface area contributed by atoms with E-state index in [2.05, 4.69) is 55.2 Å². The summed E-state index contributed by atoms with van der Waals surface area (Å²) in [4.78, 5) is 4.28. The van der Waals surface area contributed by atoms with E-state index in [1.165, 1.54) is 12.0 Å². The second kappa shape index (κ2) is 12.9. The Balaban J connectivity index is 1.58. The first-order valence-electron chi connectivity index (χ1n) is 13.8. The third-order valence-electron chi connectivity index (χ3n) is 6.81. The number of aryl methyl sites for hydroxylation is 2. The van der Waals surface area contributed by atoms with Crippen LogP contribution >= 0.6 is 0 Å². The average Bonchev–Trinajstić information content (AvgIpc) is 3.67. The fourth-order valence-electron chi connectivity index (χ4n) is 4.60. The van der Waals surface area contributed by atoms with Crippen molar-refractivity contribution in [2.75, 3.05) is 0 Å². The van der Waals surface area contributed by atoms with Gasteiger partial charge in [0.1, 0.15) is 5.82 Å². The van der Waals surface area contributed by atoms with E-state index in [1.54, 1.807) is 4.68 Å². The fraction of sp³-hybridized carbons (Fsp3) is 0.536. The predicted octanol–water partition coefficient (Wildman–Crippen LogP) is 6.65. The summed E-state index contributed by atoms with van der Waals surface area (Å²) in [6, 6.07) is 10.2. The zero-order valence-electron chi connectivity index (χ0n) is 22.6. The number of aromatic nitrogens is 8. The number of tetrazole rings is 1. The number of nitrogens with zero attached hydrogens (tertiary/aromatic N) is 7. The van der Waals surface area contributed by atoms with Gasteiger partial charge in [-0.2, -0.15) is 8.78 Å². The molecule has 204 valence electrons. The van der Waals surface area contributed by atoms with Crippen LogP contribution in [0.3, 0.4) is 0 Å². The van der Waals surface area contributed by atoms with Gasteiger partial charge in [0, 0.05) is 24.7 Å². The normalized spacial score (nSPS) is 11.9. The number of hydrogen-bond acceptors (Lipinski definition) is 5. The van der Waals surface area contributed by atoms with Gasteiger partial charge in [-0.1, -0.05) is 58.6 Å². The average molecular weight is 525 g/mol. The van der Waals surface area contributed by atoms with Crippen molar-refractivity contribution < 1.29 is 8.78 Å². The lowest BCUT2D eigenvalue weighted by Gasteiger charge is -2.12. The van der Waals surface area contributed by atoms with Gasteiger partial charge in [0.05, 0.1) is 12.2 Å². The number of H-pyrrole nitrogens is 1. The zero-order chi connectivity index (χ0) is 27.0. The number of nitrogens with one attached hydrogen (secondary N) is 1. The quantitative estimate of drug-likeness (QED) is 0.176. The zero-order valence-corrected chi connectivity index (χ0v) is 22.6. The highest BCUT2D eigenvalue weighted by atomic mass is 19.3. The lowest BCUT2D eigenvalue weighted by molar-refractivity contribution is -0.0245. The van der Waals surface area contributed by atoms with E-state index in [0.29, 0.717) is 37.5 Å². The SMILES string of the molecule is CCCCCc1ccn(-c2ccc(Cn3nc(C(F)(F)CCCC)nc3CCCC)cc2)c1-c1nnn[nH]1. The summed E-state index contributed by atoms with van der Waals surface area (Å²) in [5.74, 6) is -2.13. The molecule has 0 aliphatic heterocycles. The smallest absolute Gasteiger partial charge is 0.308 e. The van der Waals surface area contributed by atoms with E-state index in [0.717, 1.165) is 49.0 Å². The monoisotopic (exact) mass is 524 g/mol. The Hall–Kier alpha value is -3.43. The van der Waals surface area contributed by atoms with Crippen LogP contribution in [-0.2, 0) is 25.3 Å². The standard InChI is InChI=1S/C28H38F2N8/c1-4-7-10-11-22-17-19-37(25(22)26-32-35-36-33-26)23-15-13-21(14-16-23)20-38-24(12-8-5-2)31-27(34-38)28(29,30)18-9-6-3/h13-17,19H,4-12,18,20H2,1-3H3,(H,32,33,35,36). The first kappa shape index (κ1) is 27.6. The Morgan fingerprint density at radius 3 is 2.34 bits per heavy atom. The summed E-state index contributed by atoms with van der Waals surface area (Å²) in [6.07, 6.45) is 9.82. The van der Waals surface area contributed by atoms with E-state index in [9.17, 15) is 8.78 Å². The van der Waals surface area contributed by atoms with E-state index < -0.39 is 5.92 Å². The topological polar surface area (TPSA) is 90.1 Å². The molecule has 0 bridgehead atoms. The van der Waals surface area contributed by atoms with Crippen LogP contribution in [0.2, 0.25) is 0 Å². The molecule has 8 nitrogen and oxygen atoms in total. The van der Waals surface area contributed by atoms with Gasteiger partial charge in [0.2, 0.25) is 5.82 Å². The second-order valence-corrected chi connectivity index (χ2v) is 9.85. The molecular weight excluding hydrogens is 486 g/mol. The lowest BCUT2D eigenvalue weighted by Crippen LogP contribution is -2.16. The largest absolute Gasteiger partial charge is 0.314 e. The summed E-state index contributed by atoms with van der Waals surface area (Å²) < 4.78 is 33.2. The highest BCUT2D eigenvalue weighted by Gasteiger charge is 2.36. The molecule has 0 amide bonds. The van der Waals surface area contributed by atoms with Gasteiger partial charge in [-0.3, -0.25) is 0 Å². The minimum absolute atomic E-state index is 0.226. The van der Waals surface area contributed by atoms with Gasteiger partial charge in [0.25, 0.3) is 0 Å². The van der Waals surface area contributed by atoms with Crippen molar-refractivity contribution in [3.8, 4) is 17.2 Å². The van der Waals surface area contributed by atoms with E-state index >= 15 is 0 Å². The molecule has 38 heavy (non-hydrogen) atoms. The van der Waals surface area contributed by atoms with Gasteiger partial charge in [-0.25, -0.2) is 14.8 Å². The van der Waals surface area contributed by atoms with Crippen LogP contribution in [-0.4, -0.2) is 40.0 Å². The van der Waals surface area contributed by atoms with Crippen LogP contribution in [0.4, 0.5) is 8.78 Å². The lowest BCUT2D eigenvalue weighted by atomic mass is 10.1. The molecule has 4 rings (SSSR count). The highest BCUT2D eigenvalue weighted by molar-refractivity contribution is 5.60. The molecular formula is C28H38F2N8. The van der Waals surface area contributed by atoms with Gasteiger partial charge < -0.3 is 4.57 Å². The molecule has 1 aromatic carbocycles. The number of halogens is 2. The maximum atomic E-state index is 14.7. The van der Waals surface area contributed by atoms with Crippen molar-refractivity contribution in [1.29, 1.82) is 0 Å². The third-order valence-corrected chi connectivity index (χ3v) is 6.81. The number of unbranched alkanes of at least 4 members (excludes halogenated alkanes) is 4. The van der Waals surface area contributed by atoms with Crippen molar-refractivity contribution in [2.45, 2.75) is 97.4 Å². The van der Waals surface area contributed by atoms with Crippen molar-refractivity contribution in [1.82, 2.24) is 40.0 Å². The second-order valence-electron chi connectivity index (χ2n) is 9.85.